The first-order chi connectivity index (χ1) is 12.7. The Labute approximate surface area is 159 Å². The van der Waals surface area contributed by atoms with Crippen molar-refractivity contribution in [3.05, 3.63) is 64.9 Å². The van der Waals surface area contributed by atoms with Gasteiger partial charge in [0.25, 0.3) is 5.91 Å². The fraction of sp³-hybridized carbons (Fsp3) is 0.429. The Bertz CT molecular complexity index is 736. The molecule has 2 aliphatic heterocycles. The van der Waals surface area contributed by atoms with Gasteiger partial charge in [-0.15, -0.1) is 0 Å². The van der Waals surface area contributed by atoms with Crippen LogP contribution in [0.2, 0.25) is 5.02 Å². The van der Waals surface area contributed by atoms with E-state index in [2.05, 4.69) is 27.3 Å². The smallest absolute Gasteiger partial charge is 0.251 e. The highest BCUT2D eigenvalue weighted by Gasteiger charge is 2.38. The van der Waals surface area contributed by atoms with Crippen LogP contribution in [0.4, 0.5) is 0 Å². The fourth-order valence-corrected chi connectivity index (χ4v) is 4.55. The van der Waals surface area contributed by atoms with E-state index in [0.29, 0.717) is 17.6 Å². The van der Waals surface area contributed by atoms with Gasteiger partial charge in [0.15, 0.2) is 0 Å². The van der Waals surface area contributed by atoms with Crippen LogP contribution in [0.1, 0.15) is 48.0 Å². The largest absolute Gasteiger partial charge is 0.349 e. The van der Waals surface area contributed by atoms with Gasteiger partial charge in [-0.2, -0.15) is 0 Å². The minimum absolute atomic E-state index is 0.0154. The molecule has 136 valence electrons. The highest BCUT2D eigenvalue weighted by Crippen LogP contribution is 2.35. The molecule has 0 radical (unpaired) electrons. The minimum atomic E-state index is 0.0154. The third-order valence-electron chi connectivity index (χ3n) is 5.68. The van der Waals surface area contributed by atoms with E-state index in [0.717, 1.165) is 24.4 Å². The number of nitrogens with one attached hydrogen (secondary N) is 1. The van der Waals surface area contributed by atoms with Crippen molar-refractivity contribution in [3.63, 3.8) is 0 Å². The van der Waals surface area contributed by atoms with Gasteiger partial charge in [-0.3, -0.25) is 14.7 Å². The van der Waals surface area contributed by atoms with Gasteiger partial charge in [-0.25, -0.2) is 0 Å². The molecule has 2 fully saturated rings. The lowest BCUT2D eigenvalue weighted by Gasteiger charge is -2.49. The van der Waals surface area contributed by atoms with Crippen molar-refractivity contribution in [3.8, 4) is 0 Å². The lowest BCUT2D eigenvalue weighted by atomic mass is 9.81. The number of hydrogen-bond acceptors (Lipinski definition) is 3. The summed E-state index contributed by atoms with van der Waals surface area (Å²) in [5.74, 6) is 0.0154. The number of rotatable bonds is 4. The van der Waals surface area contributed by atoms with Crippen molar-refractivity contribution in [1.82, 2.24) is 15.2 Å². The summed E-state index contributed by atoms with van der Waals surface area (Å²) >= 11 is 6.01. The number of fused-ring (bicyclic) bond motifs is 2. The molecule has 4 rings (SSSR count). The summed E-state index contributed by atoms with van der Waals surface area (Å²) in [6.45, 7) is 0.970. The number of benzene rings is 1. The summed E-state index contributed by atoms with van der Waals surface area (Å²) < 4.78 is 0. The van der Waals surface area contributed by atoms with Crippen LogP contribution in [-0.2, 0) is 6.54 Å². The molecule has 2 saturated heterocycles. The molecule has 1 aromatic carbocycles. The second kappa shape index (κ2) is 7.77. The third kappa shape index (κ3) is 3.92. The van der Waals surface area contributed by atoms with E-state index in [1.807, 2.05) is 12.1 Å². The van der Waals surface area contributed by atoms with E-state index in [1.165, 1.54) is 24.8 Å². The molecular formula is C21H24ClN3O. The number of nitrogens with zero attached hydrogens (tertiary/aromatic N) is 2. The van der Waals surface area contributed by atoms with Gasteiger partial charge in [0.1, 0.15) is 0 Å². The summed E-state index contributed by atoms with van der Waals surface area (Å²) in [5, 5.41) is 4.03. The monoisotopic (exact) mass is 369 g/mol. The van der Waals surface area contributed by atoms with Crippen LogP contribution in [-0.4, -0.2) is 33.9 Å². The van der Waals surface area contributed by atoms with Crippen LogP contribution < -0.4 is 5.32 Å². The van der Waals surface area contributed by atoms with Crippen LogP contribution in [0, 0.1) is 0 Å². The molecule has 0 unspecified atom stereocenters. The SMILES string of the molecule is O=C(NC1C[C@@H]2CCC[C@@H](C1)N2Cc1ccc(Cl)cc1)c1ccncc1. The Morgan fingerprint density at radius 3 is 2.38 bits per heavy atom. The number of amides is 1. The molecule has 3 heterocycles. The lowest BCUT2D eigenvalue weighted by Crippen LogP contribution is -2.56. The van der Waals surface area contributed by atoms with Gasteiger partial charge in [-0.05, 0) is 55.5 Å². The van der Waals surface area contributed by atoms with E-state index in [-0.39, 0.29) is 11.9 Å². The van der Waals surface area contributed by atoms with E-state index in [1.54, 1.807) is 24.5 Å². The summed E-state index contributed by atoms with van der Waals surface area (Å²) in [7, 11) is 0. The maximum absolute atomic E-state index is 12.5. The molecule has 5 heteroatoms. The highest BCUT2D eigenvalue weighted by molar-refractivity contribution is 6.30. The van der Waals surface area contributed by atoms with Crippen LogP contribution >= 0.6 is 11.6 Å². The Balaban J connectivity index is 1.41. The molecular weight excluding hydrogens is 346 g/mol. The molecule has 2 bridgehead atoms. The van der Waals surface area contributed by atoms with Gasteiger partial charge in [0.05, 0.1) is 0 Å². The number of carbonyl (C=O) groups is 1. The predicted molar refractivity (Wildman–Crippen MR) is 103 cm³/mol. The number of pyridine rings is 1. The first-order valence-corrected chi connectivity index (χ1v) is 9.78. The molecule has 0 saturated carbocycles. The summed E-state index contributed by atoms with van der Waals surface area (Å²) in [5.41, 5.74) is 2.00. The van der Waals surface area contributed by atoms with Crippen LogP contribution in [0.25, 0.3) is 0 Å². The topological polar surface area (TPSA) is 45.2 Å². The summed E-state index contributed by atoms with van der Waals surface area (Å²) in [6.07, 6.45) is 9.10. The Hall–Kier alpha value is -1.91. The number of halogens is 1. The quantitative estimate of drug-likeness (QED) is 0.884. The third-order valence-corrected chi connectivity index (χ3v) is 5.93. The Morgan fingerprint density at radius 2 is 1.73 bits per heavy atom. The average molecular weight is 370 g/mol. The maximum Gasteiger partial charge on any atom is 0.251 e. The molecule has 2 aromatic rings. The summed E-state index contributed by atoms with van der Waals surface area (Å²) in [4.78, 5) is 19.1. The van der Waals surface area contributed by atoms with E-state index >= 15 is 0 Å². The Morgan fingerprint density at radius 1 is 1.08 bits per heavy atom. The van der Waals surface area contributed by atoms with Crippen LogP contribution in [0.3, 0.4) is 0 Å². The molecule has 1 aromatic heterocycles. The zero-order valence-electron chi connectivity index (χ0n) is 14.8. The first kappa shape index (κ1) is 17.5. The van der Waals surface area contributed by atoms with Gasteiger partial charge < -0.3 is 5.32 Å². The average Bonchev–Trinajstić information content (AvgIpc) is 2.65. The molecule has 1 amide bonds. The second-order valence-electron chi connectivity index (χ2n) is 7.42. The van der Waals surface area contributed by atoms with E-state index in [9.17, 15) is 4.79 Å². The van der Waals surface area contributed by atoms with Crippen LogP contribution in [0.15, 0.2) is 48.8 Å². The molecule has 0 aliphatic carbocycles. The zero-order chi connectivity index (χ0) is 17.9. The van der Waals surface area contributed by atoms with E-state index < -0.39 is 0 Å². The van der Waals surface area contributed by atoms with Gasteiger partial charge in [0, 0.05) is 47.7 Å². The highest BCUT2D eigenvalue weighted by atomic mass is 35.5. The van der Waals surface area contributed by atoms with E-state index in [4.69, 9.17) is 11.6 Å². The summed E-state index contributed by atoms with van der Waals surface area (Å²) in [6, 6.07) is 13.1. The molecule has 1 N–H and O–H groups in total. The van der Waals surface area contributed by atoms with Crippen molar-refractivity contribution >= 4 is 17.5 Å². The van der Waals surface area contributed by atoms with Crippen molar-refractivity contribution in [1.29, 1.82) is 0 Å². The van der Waals surface area contributed by atoms with Crippen molar-refractivity contribution in [2.45, 2.75) is 56.8 Å². The number of aromatic nitrogens is 1. The number of carbonyl (C=O) groups excluding carboxylic acids is 1. The zero-order valence-corrected chi connectivity index (χ0v) is 15.5. The molecule has 4 nitrogen and oxygen atoms in total. The fourth-order valence-electron chi connectivity index (χ4n) is 4.43. The second-order valence-corrected chi connectivity index (χ2v) is 7.85. The molecule has 0 spiro atoms. The minimum Gasteiger partial charge on any atom is -0.349 e. The van der Waals surface area contributed by atoms with Gasteiger partial charge in [-0.1, -0.05) is 30.2 Å². The lowest BCUT2D eigenvalue weighted by molar-refractivity contribution is 0.0177. The van der Waals surface area contributed by atoms with Crippen molar-refractivity contribution in [2.75, 3.05) is 0 Å². The molecule has 2 aliphatic rings. The normalized spacial score (nSPS) is 25.7. The van der Waals surface area contributed by atoms with Crippen LogP contribution in [0.5, 0.6) is 0 Å². The number of piperidine rings is 2. The molecule has 2 atom stereocenters. The standard InChI is InChI=1S/C21H24ClN3O/c22-17-6-4-15(5-7-17)14-25-19-2-1-3-20(25)13-18(12-19)24-21(26)16-8-10-23-11-9-16/h4-11,18-20H,1-3,12-14H2,(H,24,26)/t19-,20-/m0/s1. The number of hydrogen-bond donors (Lipinski definition) is 1. The first-order valence-electron chi connectivity index (χ1n) is 9.40. The van der Waals surface area contributed by atoms with Crippen molar-refractivity contribution in [2.24, 2.45) is 0 Å². The van der Waals surface area contributed by atoms with Crippen molar-refractivity contribution < 1.29 is 4.79 Å². The van der Waals surface area contributed by atoms with Gasteiger partial charge in [0.2, 0.25) is 0 Å². The van der Waals surface area contributed by atoms with Gasteiger partial charge >= 0.3 is 0 Å². The predicted octanol–water partition coefficient (Wildman–Crippen LogP) is 4.05. The Kier molecular flexibility index (Phi) is 5.23. The molecule has 26 heavy (non-hydrogen) atoms. The maximum atomic E-state index is 12.5.